The lowest BCUT2D eigenvalue weighted by Crippen LogP contribution is -2.41. The van der Waals surface area contributed by atoms with Crippen molar-refractivity contribution in [3.05, 3.63) is 89.5 Å². The van der Waals surface area contributed by atoms with E-state index in [2.05, 4.69) is 47.0 Å². The molecule has 0 heterocycles. The van der Waals surface area contributed by atoms with Crippen LogP contribution in [0.25, 0.3) is 11.1 Å². The molecule has 1 saturated carbocycles. The Morgan fingerprint density at radius 3 is 2.40 bits per heavy atom. The van der Waals surface area contributed by atoms with E-state index in [-0.39, 0.29) is 5.91 Å². The van der Waals surface area contributed by atoms with E-state index in [1.165, 1.54) is 43.4 Å². The summed E-state index contributed by atoms with van der Waals surface area (Å²) in [5.74, 6) is 1.09. The van der Waals surface area contributed by atoms with Crippen molar-refractivity contribution in [2.75, 3.05) is 17.8 Å². The lowest BCUT2D eigenvalue weighted by Gasteiger charge is -2.27. The standard InChI is InChI=1S/C35H44N2O3S2/c1-25-11-9-10-16-30(25)32-22-27(17-18-31(32)34(38)37-33(35(39)40)19-20-41-2)23-36-28(21-26-12-5-3-6-13-26)24-42-29-14-7-4-8-15-29/h4,7-11,14-18,22,26,28,33,36H,3,5-6,12-13,19-21,23-24H2,1-2H3,(H,37,38)(H,39,40). The quantitative estimate of drug-likeness (QED) is 0.154. The third-order valence-electron chi connectivity index (χ3n) is 8.11. The molecule has 3 aromatic rings. The van der Waals surface area contributed by atoms with Gasteiger partial charge in [-0.3, -0.25) is 4.79 Å². The summed E-state index contributed by atoms with van der Waals surface area (Å²) < 4.78 is 0. The average molecular weight is 605 g/mol. The third kappa shape index (κ3) is 9.65. The third-order valence-corrected chi connectivity index (χ3v) is 9.93. The van der Waals surface area contributed by atoms with Gasteiger partial charge in [0.05, 0.1) is 0 Å². The zero-order valence-electron chi connectivity index (χ0n) is 24.8. The molecule has 7 heteroatoms. The van der Waals surface area contributed by atoms with Gasteiger partial charge in [-0.05, 0) is 84.2 Å². The minimum atomic E-state index is -1.01. The molecule has 3 aromatic carbocycles. The highest BCUT2D eigenvalue weighted by atomic mass is 32.2. The largest absolute Gasteiger partial charge is 0.480 e. The Labute approximate surface area is 259 Å². The topological polar surface area (TPSA) is 78.4 Å². The summed E-state index contributed by atoms with van der Waals surface area (Å²) in [5.41, 5.74) is 4.51. The van der Waals surface area contributed by atoms with E-state index in [1.54, 1.807) is 11.8 Å². The lowest BCUT2D eigenvalue weighted by atomic mass is 9.85. The number of nitrogens with one attached hydrogen (secondary N) is 2. The van der Waals surface area contributed by atoms with Crippen molar-refractivity contribution in [2.24, 2.45) is 5.92 Å². The summed E-state index contributed by atoms with van der Waals surface area (Å²) in [5, 5.41) is 16.3. The number of amides is 1. The first kappa shape index (κ1) is 32.2. The van der Waals surface area contributed by atoms with Gasteiger partial charge in [0, 0.05) is 28.8 Å². The SMILES string of the molecule is CSCCC(NC(=O)c1ccc(CNC(CSc2ccccc2)CC2CCCCC2)cc1-c1ccccc1C)C(=O)O. The molecule has 3 N–H and O–H groups in total. The van der Waals surface area contributed by atoms with Gasteiger partial charge < -0.3 is 15.7 Å². The molecule has 5 nitrogen and oxygen atoms in total. The molecule has 0 radical (unpaired) electrons. The van der Waals surface area contributed by atoms with Crippen LogP contribution in [0.1, 0.15) is 66.4 Å². The van der Waals surface area contributed by atoms with Gasteiger partial charge in [-0.25, -0.2) is 4.79 Å². The van der Waals surface area contributed by atoms with Crippen LogP contribution in [0.2, 0.25) is 0 Å². The molecule has 224 valence electrons. The summed E-state index contributed by atoms with van der Waals surface area (Å²) in [4.78, 5) is 26.6. The zero-order valence-corrected chi connectivity index (χ0v) is 26.4. The van der Waals surface area contributed by atoms with Crippen molar-refractivity contribution in [3.63, 3.8) is 0 Å². The highest BCUT2D eigenvalue weighted by molar-refractivity contribution is 7.99. The molecular weight excluding hydrogens is 561 g/mol. The Bertz CT molecular complexity index is 1290. The van der Waals surface area contributed by atoms with Crippen molar-refractivity contribution in [1.82, 2.24) is 10.6 Å². The van der Waals surface area contributed by atoms with Gasteiger partial charge in [0.1, 0.15) is 6.04 Å². The molecule has 2 unspecified atom stereocenters. The number of aryl methyl sites for hydroxylation is 1. The normalized spacial score (nSPS) is 15.2. The van der Waals surface area contributed by atoms with Crippen molar-refractivity contribution < 1.29 is 14.7 Å². The van der Waals surface area contributed by atoms with Crippen molar-refractivity contribution in [2.45, 2.75) is 75.4 Å². The highest BCUT2D eigenvalue weighted by Gasteiger charge is 2.23. The number of hydrogen-bond donors (Lipinski definition) is 3. The minimum Gasteiger partial charge on any atom is -0.480 e. The Kier molecular flexibility index (Phi) is 12.9. The van der Waals surface area contributed by atoms with Crippen LogP contribution in [-0.4, -0.2) is 46.8 Å². The van der Waals surface area contributed by atoms with Gasteiger partial charge in [0.15, 0.2) is 0 Å². The predicted octanol–water partition coefficient (Wildman–Crippen LogP) is 7.82. The van der Waals surface area contributed by atoms with E-state index in [9.17, 15) is 14.7 Å². The summed E-state index contributed by atoms with van der Waals surface area (Å²) >= 11 is 3.48. The summed E-state index contributed by atoms with van der Waals surface area (Å²) in [6.45, 7) is 2.75. The Morgan fingerprint density at radius 2 is 1.69 bits per heavy atom. The van der Waals surface area contributed by atoms with E-state index >= 15 is 0 Å². The molecule has 1 aliphatic rings. The highest BCUT2D eigenvalue weighted by Crippen LogP contribution is 2.31. The summed E-state index contributed by atoms with van der Waals surface area (Å²) in [7, 11) is 0. The molecule has 42 heavy (non-hydrogen) atoms. The molecule has 1 aliphatic carbocycles. The second-order valence-corrected chi connectivity index (χ2v) is 13.4. The number of carboxylic acid groups (broad SMARTS) is 1. The molecule has 2 atom stereocenters. The van der Waals surface area contributed by atoms with E-state index in [4.69, 9.17) is 0 Å². The monoisotopic (exact) mass is 604 g/mol. The predicted molar refractivity (Wildman–Crippen MR) is 177 cm³/mol. The van der Waals surface area contributed by atoms with Crippen LogP contribution in [0, 0.1) is 12.8 Å². The van der Waals surface area contributed by atoms with Gasteiger partial charge in [0.2, 0.25) is 0 Å². The molecule has 0 aliphatic heterocycles. The van der Waals surface area contributed by atoms with Crippen LogP contribution in [0.3, 0.4) is 0 Å². The zero-order chi connectivity index (χ0) is 29.7. The van der Waals surface area contributed by atoms with Crippen LogP contribution < -0.4 is 10.6 Å². The van der Waals surface area contributed by atoms with Crippen molar-refractivity contribution >= 4 is 35.4 Å². The van der Waals surface area contributed by atoms with Gasteiger partial charge in [-0.15, -0.1) is 11.8 Å². The van der Waals surface area contributed by atoms with Crippen LogP contribution in [0.4, 0.5) is 0 Å². The summed E-state index contributed by atoms with van der Waals surface area (Å²) in [6.07, 6.45) is 10.2. The van der Waals surface area contributed by atoms with Crippen molar-refractivity contribution in [3.8, 4) is 11.1 Å². The number of rotatable bonds is 15. The number of carbonyl (C=O) groups is 2. The number of benzene rings is 3. The first-order valence-electron chi connectivity index (χ1n) is 15.1. The van der Waals surface area contributed by atoms with Crippen LogP contribution in [0.15, 0.2) is 77.7 Å². The maximum atomic E-state index is 13.4. The minimum absolute atomic E-state index is 0.351. The van der Waals surface area contributed by atoms with Gasteiger partial charge in [0.25, 0.3) is 5.91 Å². The molecule has 4 rings (SSSR count). The molecule has 0 saturated heterocycles. The first-order valence-corrected chi connectivity index (χ1v) is 17.4. The maximum Gasteiger partial charge on any atom is 0.326 e. The number of carbonyl (C=O) groups excluding carboxylic acids is 1. The number of thioether (sulfide) groups is 2. The number of aliphatic carboxylic acids is 1. The average Bonchev–Trinajstić information content (AvgIpc) is 3.01. The molecule has 1 fully saturated rings. The fourth-order valence-electron chi connectivity index (χ4n) is 5.74. The molecule has 0 spiro atoms. The molecule has 1 amide bonds. The van der Waals surface area contributed by atoms with Crippen LogP contribution >= 0.6 is 23.5 Å². The molecule has 0 aromatic heterocycles. The van der Waals surface area contributed by atoms with Gasteiger partial charge in [-0.2, -0.15) is 11.8 Å². The second-order valence-electron chi connectivity index (χ2n) is 11.3. The summed E-state index contributed by atoms with van der Waals surface area (Å²) in [6, 6.07) is 24.1. The maximum absolute atomic E-state index is 13.4. The van der Waals surface area contributed by atoms with E-state index in [0.717, 1.165) is 33.9 Å². The Morgan fingerprint density at radius 1 is 0.952 bits per heavy atom. The van der Waals surface area contributed by atoms with E-state index in [1.807, 2.05) is 61.3 Å². The smallest absolute Gasteiger partial charge is 0.326 e. The number of carboxylic acids is 1. The van der Waals surface area contributed by atoms with Crippen LogP contribution in [0.5, 0.6) is 0 Å². The molecule has 0 bridgehead atoms. The second kappa shape index (κ2) is 16.8. The van der Waals surface area contributed by atoms with E-state index < -0.39 is 12.0 Å². The lowest BCUT2D eigenvalue weighted by molar-refractivity contribution is -0.139. The fourth-order valence-corrected chi connectivity index (χ4v) is 7.21. The van der Waals surface area contributed by atoms with Gasteiger partial charge >= 0.3 is 5.97 Å². The molecular formula is C35H44N2O3S2. The Balaban J connectivity index is 1.54. The van der Waals surface area contributed by atoms with Crippen LogP contribution in [-0.2, 0) is 11.3 Å². The van der Waals surface area contributed by atoms with Gasteiger partial charge in [-0.1, -0.05) is 80.6 Å². The first-order chi connectivity index (χ1) is 20.4. The number of hydrogen-bond acceptors (Lipinski definition) is 5. The van der Waals surface area contributed by atoms with E-state index in [0.29, 0.717) is 30.3 Å². The Hall–Kier alpha value is -2.74. The fraction of sp³-hybridized carbons (Fsp3) is 0.429. The van der Waals surface area contributed by atoms with Crippen molar-refractivity contribution in [1.29, 1.82) is 0 Å².